The Bertz CT molecular complexity index is 134. The number of hydrogen-bond donors (Lipinski definition) is 0. The molecule has 0 radical (unpaired) electrons. The zero-order valence-electron chi connectivity index (χ0n) is 4.25. The van der Waals surface area contributed by atoms with Crippen molar-refractivity contribution in [1.29, 1.82) is 0 Å². The maximum atomic E-state index is 9.52. The molecule has 0 spiro atoms. The van der Waals surface area contributed by atoms with Crippen LogP contribution < -0.4 is 10.2 Å². The Balaban J connectivity index is 0. The summed E-state index contributed by atoms with van der Waals surface area (Å²) >= 11 is 0. The van der Waals surface area contributed by atoms with Gasteiger partial charge in [-0.2, -0.15) is 0 Å². The number of carboxylic acid groups (broad SMARTS) is 2. The molecule has 44 valence electrons. The fourth-order valence-electron chi connectivity index (χ4n) is 0.0833. The van der Waals surface area contributed by atoms with Gasteiger partial charge in [0.25, 0.3) is 0 Å². The summed E-state index contributed by atoms with van der Waals surface area (Å²) in [5.74, 6) is -6.56. The molecule has 0 aromatic carbocycles. The summed E-state index contributed by atoms with van der Waals surface area (Å²) in [6.07, 6.45) is 0. The first-order valence-corrected chi connectivity index (χ1v) is 1.52. The molecular weight excluding hydrogens is 253 g/mol. The normalized spacial score (nSPS) is 7.11. The molecule has 0 bridgehead atoms. The van der Waals surface area contributed by atoms with Crippen molar-refractivity contribution in [3.8, 4) is 0 Å². The Morgan fingerprint density at radius 1 is 0.889 bits per heavy atom. The van der Waals surface area contributed by atoms with Gasteiger partial charge < -0.3 is 19.8 Å². The van der Waals surface area contributed by atoms with Gasteiger partial charge in [-0.05, 0) is 0 Å². The van der Waals surface area contributed by atoms with Crippen LogP contribution in [-0.4, -0.2) is 66.6 Å². The molecule has 0 fully saturated rings. The predicted molar refractivity (Wildman–Crippen MR) is 20.8 cm³/mol. The summed E-state index contributed by atoms with van der Waals surface area (Å²) in [7, 11) is 0. The number of rotatable bonds is 2. The van der Waals surface area contributed by atoms with E-state index in [9.17, 15) is 24.6 Å². The molecule has 0 aliphatic carbocycles. The van der Waals surface area contributed by atoms with E-state index in [1.807, 2.05) is 0 Å². The Morgan fingerprint density at radius 3 is 1.11 bits per heavy atom. The second-order valence-corrected chi connectivity index (χ2v) is 0.904. The molecule has 0 saturated carbocycles. The molecule has 0 saturated heterocycles. The van der Waals surface area contributed by atoms with Gasteiger partial charge in [-0.1, -0.05) is 0 Å². The Morgan fingerprint density at radius 2 is 1.11 bits per heavy atom. The second kappa shape index (κ2) is 5.01. The average molecular weight is 253 g/mol. The molecular formula is C3BaO5. The number of carbonyl (C=O) groups excluding carboxylic acids is 3. The molecule has 0 amide bonds. The van der Waals surface area contributed by atoms with Gasteiger partial charge in [0.2, 0.25) is 5.78 Å². The monoisotopic (exact) mass is 254 g/mol. The zero-order valence-corrected chi connectivity index (χ0v) is 8.69. The molecule has 6 heteroatoms. The van der Waals surface area contributed by atoms with Crippen LogP contribution in [0.1, 0.15) is 0 Å². The smallest absolute Gasteiger partial charge is 0.541 e. The first-order chi connectivity index (χ1) is 3.55. The minimum atomic E-state index is -2.26. The van der Waals surface area contributed by atoms with Crippen LogP contribution in [0, 0.1) is 0 Å². The van der Waals surface area contributed by atoms with E-state index in [0.717, 1.165) is 0 Å². The van der Waals surface area contributed by atoms with Crippen molar-refractivity contribution in [1.82, 2.24) is 0 Å². The van der Waals surface area contributed by atoms with Crippen LogP contribution in [0.5, 0.6) is 0 Å². The standard InChI is InChI=1S/C3H2O5.Ba/c4-1(2(5)6)3(7)8;/h(H,5,6)(H,7,8);/q;+2/p-2. The summed E-state index contributed by atoms with van der Waals surface area (Å²) < 4.78 is 0. The summed E-state index contributed by atoms with van der Waals surface area (Å²) in [6.45, 7) is 0. The number of carboxylic acids is 2. The molecule has 0 aliphatic rings. The third kappa shape index (κ3) is 4.67. The molecule has 0 unspecified atom stereocenters. The largest absolute Gasteiger partial charge is 2.00 e. The van der Waals surface area contributed by atoms with Gasteiger partial charge in [0, 0.05) is 0 Å². The van der Waals surface area contributed by atoms with Crippen molar-refractivity contribution in [3.63, 3.8) is 0 Å². The number of hydrogen-bond acceptors (Lipinski definition) is 5. The Labute approximate surface area is 90.1 Å². The Hall–Kier alpha value is 0.181. The van der Waals surface area contributed by atoms with Crippen LogP contribution in [0.4, 0.5) is 0 Å². The Kier molecular flexibility index (Phi) is 6.63. The van der Waals surface area contributed by atoms with E-state index in [-0.39, 0.29) is 48.9 Å². The summed E-state index contributed by atoms with van der Waals surface area (Å²) in [6, 6.07) is 0. The van der Waals surface area contributed by atoms with Gasteiger partial charge in [0.05, 0.1) is 0 Å². The zero-order chi connectivity index (χ0) is 6.73. The van der Waals surface area contributed by atoms with Crippen molar-refractivity contribution in [3.05, 3.63) is 0 Å². The van der Waals surface area contributed by atoms with Crippen LogP contribution in [0.2, 0.25) is 0 Å². The van der Waals surface area contributed by atoms with Crippen LogP contribution in [0.25, 0.3) is 0 Å². The van der Waals surface area contributed by atoms with Crippen molar-refractivity contribution >= 4 is 66.6 Å². The van der Waals surface area contributed by atoms with E-state index in [1.54, 1.807) is 0 Å². The van der Waals surface area contributed by atoms with E-state index < -0.39 is 17.7 Å². The van der Waals surface area contributed by atoms with E-state index in [1.165, 1.54) is 0 Å². The average Bonchev–Trinajstić information content (AvgIpc) is 1.64. The quantitative estimate of drug-likeness (QED) is 0.282. The molecule has 0 aromatic heterocycles. The minimum Gasteiger partial charge on any atom is -0.541 e. The second-order valence-electron chi connectivity index (χ2n) is 0.904. The summed E-state index contributed by atoms with van der Waals surface area (Å²) in [5.41, 5.74) is 0. The van der Waals surface area contributed by atoms with E-state index in [4.69, 9.17) is 0 Å². The van der Waals surface area contributed by atoms with Crippen molar-refractivity contribution in [2.45, 2.75) is 0 Å². The molecule has 0 aromatic rings. The van der Waals surface area contributed by atoms with Gasteiger partial charge in [-0.3, -0.25) is 4.79 Å². The molecule has 9 heavy (non-hydrogen) atoms. The van der Waals surface area contributed by atoms with Crippen LogP contribution in [-0.2, 0) is 14.4 Å². The molecule has 5 nitrogen and oxygen atoms in total. The maximum Gasteiger partial charge on any atom is 2.00 e. The van der Waals surface area contributed by atoms with Crippen LogP contribution >= 0.6 is 0 Å². The number of aliphatic carboxylic acids is 2. The van der Waals surface area contributed by atoms with Gasteiger partial charge >= 0.3 is 48.9 Å². The third-order valence-electron chi connectivity index (χ3n) is 0.371. The molecule has 0 N–H and O–H groups in total. The van der Waals surface area contributed by atoms with Crippen molar-refractivity contribution in [2.75, 3.05) is 0 Å². The van der Waals surface area contributed by atoms with Crippen molar-refractivity contribution < 1.29 is 24.6 Å². The number of ketones is 1. The fourth-order valence-corrected chi connectivity index (χ4v) is 0.0833. The van der Waals surface area contributed by atoms with Gasteiger partial charge in [-0.25, -0.2) is 0 Å². The van der Waals surface area contributed by atoms with Crippen molar-refractivity contribution in [2.24, 2.45) is 0 Å². The minimum absolute atomic E-state index is 0. The van der Waals surface area contributed by atoms with Gasteiger partial charge in [0.1, 0.15) is 11.9 Å². The topological polar surface area (TPSA) is 97.3 Å². The summed E-state index contributed by atoms with van der Waals surface area (Å²) in [4.78, 5) is 28.0. The first-order valence-electron chi connectivity index (χ1n) is 1.52. The predicted octanol–water partition coefficient (Wildman–Crippen LogP) is -4.33. The number of carbonyl (C=O) groups is 3. The summed E-state index contributed by atoms with van der Waals surface area (Å²) in [5, 5.41) is 18.5. The molecule has 0 heterocycles. The number of Topliss-reactive ketones (excluding diaryl/α,β-unsaturated/α-hetero) is 1. The van der Waals surface area contributed by atoms with E-state index >= 15 is 0 Å². The molecule has 0 atom stereocenters. The first kappa shape index (κ1) is 11.9. The maximum absolute atomic E-state index is 9.52. The third-order valence-corrected chi connectivity index (χ3v) is 0.371. The van der Waals surface area contributed by atoms with Crippen LogP contribution in [0.3, 0.4) is 0 Å². The van der Waals surface area contributed by atoms with E-state index in [0.29, 0.717) is 0 Å². The fraction of sp³-hybridized carbons (Fsp3) is 0. The van der Waals surface area contributed by atoms with Gasteiger partial charge in [-0.15, -0.1) is 0 Å². The molecule has 0 rings (SSSR count). The molecule has 0 aliphatic heterocycles. The van der Waals surface area contributed by atoms with Crippen LogP contribution in [0.15, 0.2) is 0 Å². The SMILES string of the molecule is O=C([O-])C(=O)C(=O)[O-].[Ba+2]. The van der Waals surface area contributed by atoms with E-state index in [2.05, 4.69) is 0 Å². The van der Waals surface area contributed by atoms with Gasteiger partial charge in [0.15, 0.2) is 0 Å².